The predicted molar refractivity (Wildman–Crippen MR) is 119 cm³/mol. The Hall–Kier alpha value is -2.82. The van der Waals surface area contributed by atoms with Crippen LogP contribution in [0.4, 0.5) is 0 Å². The van der Waals surface area contributed by atoms with E-state index < -0.39 is 0 Å². The molecule has 1 aliphatic heterocycles. The van der Waals surface area contributed by atoms with Gasteiger partial charge in [-0.3, -0.25) is 9.59 Å². The number of carbonyl (C=O) groups excluding carboxylic acids is 2. The van der Waals surface area contributed by atoms with Gasteiger partial charge < -0.3 is 15.0 Å². The van der Waals surface area contributed by atoms with Crippen LogP contribution in [0, 0.1) is 12.8 Å². The van der Waals surface area contributed by atoms with E-state index in [1.807, 2.05) is 24.0 Å². The van der Waals surface area contributed by atoms with E-state index in [1.54, 1.807) is 0 Å². The normalized spacial score (nSPS) is 15.6. The maximum atomic E-state index is 13.1. The Morgan fingerprint density at radius 3 is 2.57 bits per heavy atom. The van der Waals surface area contributed by atoms with Crippen LogP contribution < -0.4 is 10.1 Å². The van der Waals surface area contributed by atoms with Crippen molar-refractivity contribution in [3.05, 3.63) is 64.7 Å². The van der Waals surface area contributed by atoms with Crippen molar-refractivity contribution >= 4 is 11.8 Å². The Bertz CT molecular complexity index is 890. The first-order valence-electron chi connectivity index (χ1n) is 10.8. The average Bonchev–Trinajstić information content (AvgIpc) is 2.71. The zero-order valence-electron chi connectivity index (χ0n) is 18.4. The number of hydrogen-bond donors (Lipinski definition) is 1. The molecule has 5 heteroatoms. The number of likely N-dealkylation sites (N-methyl/N-ethyl adjacent to an activating group) is 1. The zero-order valence-corrected chi connectivity index (χ0v) is 18.4. The molecule has 0 spiro atoms. The molecular weight excluding hydrogens is 376 g/mol. The Labute approximate surface area is 179 Å². The average molecular weight is 409 g/mol. The van der Waals surface area contributed by atoms with Crippen LogP contribution >= 0.6 is 0 Å². The molecule has 160 valence electrons. The summed E-state index contributed by atoms with van der Waals surface area (Å²) in [7, 11) is 0. The van der Waals surface area contributed by atoms with E-state index in [9.17, 15) is 9.59 Å². The molecule has 5 nitrogen and oxygen atoms in total. The molecule has 0 saturated carbocycles. The van der Waals surface area contributed by atoms with Gasteiger partial charge in [-0.25, -0.2) is 0 Å². The lowest BCUT2D eigenvalue weighted by Gasteiger charge is -2.38. The Balaban J connectivity index is 1.95. The highest BCUT2D eigenvalue weighted by Crippen LogP contribution is 2.37. The third kappa shape index (κ3) is 5.21. The quantitative estimate of drug-likeness (QED) is 0.752. The van der Waals surface area contributed by atoms with Gasteiger partial charge in [0.2, 0.25) is 5.91 Å². The number of rotatable bonds is 7. The van der Waals surface area contributed by atoms with E-state index >= 15 is 0 Å². The molecule has 0 unspecified atom stereocenters. The second-order valence-electron chi connectivity index (χ2n) is 8.35. The Kier molecular flexibility index (Phi) is 7.14. The molecule has 0 aromatic heterocycles. The van der Waals surface area contributed by atoms with E-state index in [1.165, 1.54) is 11.1 Å². The summed E-state index contributed by atoms with van der Waals surface area (Å²) in [6.45, 7) is 9.36. The highest BCUT2D eigenvalue weighted by Gasteiger charge is 2.32. The van der Waals surface area contributed by atoms with Crippen LogP contribution in [0.1, 0.15) is 55.5 Å². The molecule has 1 atom stereocenters. The van der Waals surface area contributed by atoms with E-state index in [0.717, 1.165) is 17.5 Å². The number of hydrogen-bond acceptors (Lipinski definition) is 3. The number of amides is 2. The lowest BCUT2D eigenvalue weighted by molar-refractivity contribution is -0.134. The maximum Gasteiger partial charge on any atom is 0.257 e. The summed E-state index contributed by atoms with van der Waals surface area (Å²) in [6.07, 6.45) is 1.35. The lowest BCUT2D eigenvalue weighted by atomic mass is 9.87. The molecule has 1 heterocycles. The maximum absolute atomic E-state index is 13.1. The zero-order chi connectivity index (χ0) is 21.7. The first-order chi connectivity index (χ1) is 14.4. The predicted octanol–water partition coefficient (Wildman–Crippen LogP) is 4.03. The van der Waals surface area contributed by atoms with Gasteiger partial charge in [-0.15, -0.1) is 0 Å². The van der Waals surface area contributed by atoms with Crippen molar-refractivity contribution in [3.63, 3.8) is 0 Å². The van der Waals surface area contributed by atoms with E-state index in [4.69, 9.17) is 4.74 Å². The second-order valence-corrected chi connectivity index (χ2v) is 8.35. The molecule has 30 heavy (non-hydrogen) atoms. The summed E-state index contributed by atoms with van der Waals surface area (Å²) in [4.78, 5) is 26.9. The molecule has 0 bridgehead atoms. The molecule has 3 rings (SSSR count). The third-order valence-corrected chi connectivity index (χ3v) is 5.39. The van der Waals surface area contributed by atoms with Crippen molar-refractivity contribution < 1.29 is 14.3 Å². The van der Waals surface area contributed by atoms with Gasteiger partial charge in [0.05, 0.1) is 6.04 Å². The van der Waals surface area contributed by atoms with Gasteiger partial charge in [0.15, 0.2) is 6.61 Å². The Morgan fingerprint density at radius 1 is 1.17 bits per heavy atom. The van der Waals surface area contributed by atoms with E-state index in [0.29, 0.717) is 31.2 Å². The first-order valence-corrected chi connectivity index (χ1v) is 10.8. The summed E-state index contributed by atoms with van der Waals surface area (Å²) in [5.74, 6) is 0.994. The molecule has 2 aromatic rings. The summed E-state index contributed by atoms with van der Waals surface area (Å²) in [5.41, 5.74) is 4.59. The second kappa shape index (κ2) is 9.79. The molecular formula is C25H32N2O3. The number of carbonyl (C=O) groups is 2. The van der Waals surface area contributed by atoms with Gasteiger partial charge >= 0.3 is 0 Å². The van der Waals surface area contributed by atoms with Gasteiger partial charge in [0, 0.05) is 19.5 Å². The molecule has 1 aliphatic rings. The highest BCUT2D eigenvalue weighted by molar-refractivity contribution is 5.78. The minimum absolute atomic E-state index is 0.0161. The van der Waals surface area contributed by atoms with Crippen molar-refractivity contribution in [2.45, 2.75) is 46.6 Å². The summed E-state index contributed by atoms with van der Waals surface area (Å²) in [6, 6.07) is 14.2. The van der Waals surface area contributed by atoms with Crippen molar-refractivity contribution in [3.8, 4) is 5.75 Å². The summed E-state index contributed by atoms with van der Waals surface area (Å²) in [5, 5.41) is 2.74. The van der Waals surface area contributed by atoms with Crippen molar-refractivity contribution in [1.29, 1.82) is 0 Å². The SMILES string of the molecule is CCNC(=O)COc1ccc2c(c1)[C@@H](c1ccc(C)cc1)N(C(=O)CC(C)C)CC2. The number of benzene rings is 2. The molecule has 1 N–H and O–H groups in total. The fraction of sp³-hybridized carbons (Fsp3) is 0.440. The monoisotopic (exact) mass is 408 g/mol. The number of nitrogens with one attached hydrogen (secondary N) is 1. The first kappa shape index (κ1) is 21.9. The van der Waals surface area contributed by atoms with E-state index in [2.05, 4.69) is 56.4 Å². The fourth-order valence-electron chi connectivity index (χ4n) is 3.92. The Morgan fingerprint density at radius 2 is 1.90 bits per heavy atom. The van der Waals surface area contributed by atoms with Crippen molar-refractivity contribution in [1.82, 2.24) is 10.2 Å². The standard InChI is InChI=1S/C25H32N2O3/c1-5-26-23(28)16-30-21-11-10-19-12-13-27(24(29)14-17(2)3)25(22(19)15-21)20-8-6-18(4)7-9-20/h6-11,15,17,25H,5,12-14,16H2,1-4H3,(H,26,28)/t25-/m1/s1. The third-order valence-electron chi connectivity index (χ3n) is 5.39. The highest BCUT2D eigenvalue weighted by atomic mass is 16.5. The van der Waals surface area contributed by atoms with Crippen LogP contribution in [-0.4, -0.2) is 36.4 Å². The fourth-order valence-corrected chi connectivity index (χ4v) is 3.92. The van der Waals surface area contributed by atoms with Crippen LogP contribution in [0.25, 0.3) is 0 Å². The lowest BCUT2D eigenvalue weighted by Crippen LogP contribution is -2.41. The van der Waals surface area contributed by atoms with Gasteiger partial charge in [-0.05, 0) is 55.0 Å². The number of aryl methyl sites for hydroxylation is 1. The van der Waals surface area contributed by atoms with Gasteiger partial charge in [-0.2, -0.15) is 0 Å². The summed E-state index contributed by atoms with van der Waals surface area (Å²) >= 11 is 0. The summed E-state index contributed by atoms with van der Waals surface area (Å²) < 4.78 is 5.73. The van der Waals surface area contributed by atoms with Gasteiger partial charge in [-0.1, -0.05) is 49.7 Å². The molecule has 2 amide bonds. The molecule has 0 aliphatic carbocycles. The van der Waals surface area contributed by atoms with Crippen LogP contribution in [0.15, 0.2) is 42.5 Å². The molecule has 0 radical (unpaired) electrons. The minimum Gasteiger partial charge on any atom is -0.484 e. The van der Waals surface area contributed by atoms with Gasteiger partial charge in [0.25, 0.3) is 5.91 Å². The van der Waals surface area contributed by atoms with E-state index in [-0.39, 0.29) is 24.5 Å². The topological polar surface area (TPSA) is 58.6 Å². The largest absolute Gasteiger partial charge is 0.484 e. The van der Waals surface area contributed by atoms with Crippen LogP contribution in [0.5, 0.6) is 5.75 Å². The number of fused-ring (bicyclic) bond motifs is 1. The molecule has 2 aromatic carbocycles. The molecule has 0 saturated heterocycles. The van der Waals surface area contributed by atoms with Crippen molar-refractivity contribution in [2.75, 3.05) is 19.7 Å². The van der Waals surface area contributed by atoms with Crippen LogP contribution in [-0.2, 0) is 16.0 Å². The van der Waals surface area contributed by atoms with Crippen molar-refractivity contribution in [2.24, 2.45) is 5.92 Å². The molecule has 0 fully saturated rings. The van der Waals surface area contributed by atoms with Crippen LogP contribution in [0.2, 0.25) is 0 Å². The van der Waals surface area contributed by atoms with Crippen LogP contribution in [0.3, 0.4) is 0 Å². The number of ether oxygens (including phenoxy) is 1. The van der Waals surface area contributed by atoms with Gasteiger partial charge in [0.1, 0.15) is 5.75 Å². The number of nitrogens with zero attached hydrogens (tertiary/aromatic N) is 1. The smallest absolute Gasteiger partial charge is 0.257 e. The minimum atomic E-state index is -0.145.